The van der Waals surface area contributed by atoms with Gasteiger partial charge in [-0.25, -0.2) is 8.42 Å². The smallest absolute Gasteiger partial charge is 0.264 e. The minimum absolute atomic E-state index is 0.126. The van der Waals surface area contributed by atoms with Crippen molar-refractivity contribution in [2.45, 2.75) is 11.8 Å². The average Bonchev–Trinajstić information content (AvgIpc) is 3.01. The van der Waals surface area contributed by atoms with E-state index in [2.05, 4.69) is 4.90 Å². The predicted molar refractivity (Wildman–Crippen MR) is 160 cm³/mol. The summed E-state index contributed by atoms with van der Waals surface area (Å²) in [5.74, 6) is 1.76. The van der Waals surface area contributed by atoms with Crippen molar-refractivity contribution in [2.75, 3.05) is 49.0 Å². The Hall–Kier alpha value is -4.50. The lowest BCUT2D eigenvalue weighted by Crippen LogP contribution is -2.52. The molecule has 1 heterocycles. The highest BCUT2D eigenvalue weighted by molar-refractivity contribution is 7.92. The van der Waals surface area contributed by atoms with Crippen molar-refractivity contribution < 1.29 is 22.7 Å². The number of methoxy groups -OCH3 is 1. The van der Waals surface area contributed by atoms with E-state index in [1.54, 1.807) is 60.5 Å². The molecule has 5 rings (SSSR count). The highest BCUT2D eigenvalue weighted by atomic mass is 32.2. The zero-order valence-corrected chi connectivity index (χ0v) is 24.0. The van der Waals surface area contributed by atoms with E-state index >= 15 is 0 Å². The summed E-state index contributed by atoms with van der Waals surface area (Å²) < 4.78 is 40.3. The average molecular weight is 572 g/mol. The number of piperazine rings is 1. The summed E-state index contributed by atoms with van der Waals surface area (Å²) >= 11 is 0. The fourth-order valence-corrected chi connectivity index (χ4v) is 6.18. The van der Waals surface area contributed by atoms with E-state index in [1.165, 1.54) is 4.31 Å². The molecule has 1 aliphatic heterocycles. The topological polar surface area (TPSA) is 79.4 Å². The Morgan fingerprint density at radius 3 is 2.05 bits per heavy atom. The Labute approximate surface area is 241 Å². The van der Waals surface area contributed by atoms with E-state index in [0.717, 1.165) is 17.0 Å². The zero-order chi connectivity index (χ0) is 28.8. The van der Waals surface area contributed by atoms with Gasteiger partial charge < -0.3 is 19.3 Å². The molecule has 9 heteroatoms. The van der Waals surface area contributed by atoms with E-state index in [1.807, 2.05) is 61.5 Å². The van der Waals surface area contributed by atoms with Gasteiger partial charge in [-0.3, -0.25) is 9.10 Å². The summed E-state index contributed by atoms with van der Waals surface area (Å²) in [5, 5.41) is 0. The first-order valence-corrected chi connectivity index (χ1v) is 14.9. The molecular weight excluding hydrogens is 538 g/mol. The van der Waals surface area contributed by atoms with Crippen molar-refractivity contribution in [1.82, 2.24) is 4.90 Å². The molecule has 4 aromatic carbocycles. The summed E-state index contributed by atoms with van der Waals surface area (Å²) in [7, 11) is -2.38. The third-order valence-electron chi connectivity index (χ3n) is 7.05. The fourth-order valence-electron chi connectivity index (χ4n) is 4.77. The van der Waals surface area contributed by atoms with Crippen molar-refractivity contribution >= 4 is 27.3 Å². The Kier molecular flexibility index (Phi) is 8.45. The number of anilines is 2. The van der Waals surface area contributed by atoms with Crippen LogP contribution in [0, 0.1) is 6.92 Å². The highest BCUT2D eigenvalue weighted by Crippen LogP contribution is 2.30. The van der Waals surface area contributed by atoms with E-state index in [-0.39, 0.29) is 17.3 Å². The normalized spacial score (nSPS) is 13.5. The Morgan fingerprint density at radius 2 is 1.39 bits per heavy atom. The number of nitrogens with zero attached hydrogens (tertiary/aromatic N) is 3. The maximum atomic E-state index is 13.8. The van der Waals surface area contributed by atoms with Crippen LogP contribution in [0.1, 0.15) is 5.56 Å². The summed E-state index contributed by atoms with van der Waals surface area (Å²) in [4.78, 5) is 17.6. The van der Waals surface area contributed by atoms with Gasteiger partial charge in [-0.1, -0.05) is 48.0 Å². The maximum absolute atomic E-state index is 13.8. The first-order valence-electron chi connectivity index (χ1n) is 13.4. The van der Waals surface area contributed by atoms with E-state index < -0.39 is 10.0 Å². The zero-order valence-electron chi connectivity index (χ0n) is 23.1. The molecule has 1 saturated heterocycles. The molecule has 0 N–H and O–H groups in total. The highest BCUT2D eigenvalue weighted by Gasteiger charge is 2.30. The lowest BCUT2D eigenvalue weighted by Gasteiger charge is -2.37. The molecule has 0 unspecified atom stereocenters. The summed E-state index contributed by atoms with van der Waals surface area (Å²) in [6.45, 7) is 3.75. The number of aryl methyl sites for hydroxylation is 1. The lowest BCUT2D eigenvalue weighted by atomic mass is 10.2. The molecule has 4 aromatic rings. The van der Waals surface area contributed by atoms with Crippen LogP contribution in [0.15, 0.2) is 108 Å². The Morgan fingerprint density at radius 1 is 0.780 bits per heavy atom. The standard InChI is InChI=1S/C32H33N3O5S/c1-25-12-18-29(19-13-25)41(37,38)35(26-14-16-28(17-15-26)40-27-8-4-3-5-9-27)24-32(36)34-22-20-33(21-23-34)30-10-6-7-11-31(30)39-2/h3-19H,20-24H2,1-2H3. The number of amides is 1. The number of carbonyl (C=O) groups is 1. The molecule has 1 amide bonds. The van der Waals surface area contributed by atoms with Gasteiger partial charge in [-0.05, 0) is 67.6 Å². The van der Waals surface area contributed by atoms with Gasteiger partial charge >= 0.3 is 0 Å². The van der Waals surface area contributed by atoms with Crippen molar-refractivity contribution in [3.05, 3.63) is 109 Å². The largest absolute Gasteiger partial charge is 0.495 e. The minimum atomic E-state index is -4.02. The van der Waals surface area contributed by atoms with Gasteiger partial charge in [0.2, 0.25) is 5.91 Å². The predicted octanol–water partition coefficient (Wildman–Crippen LogP) is 5.34. The lowest BCUT2D eigenvalue weighted by molar-refractivity contribution is -0.129. The first kappa shape index (κ1) is 28.0. The van der Waals surface area contributed by atoms with Crippen molar-refractivity contribution in [3.63, 3.8) is 0 Å². The second-order valence-corrected chi connectivity index (χ2v) is 11.6. The first-order chi connectivity index (χ1) is 19.8. The molecule has 41 heavy (non-hydrogen) atoms. The summed E-state index contributed by atoms with van der Waals surface area (Å²) in [6.07, 6.45) is 0. The second-order valence-electron chi connectivity index (χ2n) is 9.77. The van der Waals surface area contributed by atoms with Gasteiger partial charge in [0.25, 0.3) is 10.0 Å². The third-order valence-corrected chi connectivity index (χ3v) is 8.84. The minimum Gasteiger partial charge on any atom is -0.495 e. The van der Waals surface area contributed by atoms with Gasteiger partial charge in [0.1, 0.15) is 23.8 Å². The van der Waals surface area contributed by atoms with E-state index in [4.69, 9.17) is 9.47 Å². The number of benzene rings is 4. The number of para-hydroxylation sites is 3. The van der Waals surface area contributed by atoms with Crippen LogP contribution in [0.25, 0.3) is 0 Å². The molecule has 1 fully saturated rings. The quantitative estimate of drug-likeness (QED) is 0.270. The number of carbonyl (C=O) groups excluding carboxylic acids is 1. The van der Waals surface area contributed by atoms with Crippen LogP contribution in [0.3, 0.4) is 0 Å². The van der Waals surface area contributed by atoms with Crippen LogP contribution in [0.5, 0.6) is 17.2 Å². The second kappa shape index (κ2) is 12.3. The van der Waals surface area contributed by atoms with Gasteiger partial charge in [0.15, 0.2) is 0 Å². The van der Waals surface area contributed by atoms with Crippen LogP contribution < -0.4 is 18.7 Å². The number of sulfonamides is 1. The summed E-state index contributed by atoms with van der Waals surface area (Å²) in [5.41, 5.74) is 2.30. The van der Waals surface area contributed by atoms with Crippen LogP contribution in [-0.4, -0.2) is 59.1 Å². The van der Waals surface area contributed by atoms with Crippen molar-refractivity contribution in [1.29, 1.82) is 0 Å². The van der Waals surface area contributed by atoms with Crippen LogP contribution >= 0.6 is 0 Å². The van der Waals surface area contributed by atoms with Gasteiger partial charge in [-0.15, -0.1) is 0 Å². The van der Waals surface area contributed by atoms with E-state index in [9.17, 15) is 13.2 Å². The molecule has 0 bridgehead atoms. The number of rotatable bonds is 9. The van der Waals surface area contributed by atoms with Crippen molar-refractivity contribution in [2.24, 2.45) is 0 Å². The molecule has 0 radical (unpaired) electrons. The van der Waals surface area contributed by atoms with Crippen LogP contribution in [0.2, 0.25) is 0 Å². The molecule has 0 aromatic heterocycles. The molecular formula is C32H33N3O5S. The molecule has 0 aliphatic carbocycles. The third kappa shape index (κ3) is 6.47. The van der Waals surface area contributed by atoms with Gasteiger partial charge in [-0.2, -0.15) is 0 Å². The number of hydrogen-bond acceptors (Lipinski definition) is 6. The maximum Gasteiger partial charge on any atom is 0.264 e. The van der Waals surface area contributed by atoms with Crippen LogP contribution in [-0.2, 0) is 14.8 Å². The van der Waals surface area contributed by atoms with Gasteiger partial charge in [0, 0.05) is 26.2 Å². The molecule has 0 spiro atoms. The molecule has 1 aliphatic rings. The monoisotopic (exact) mass is 571 g/mol. The van der Waals surface area contributed by atoms with Crippen molar-refractivity contribution in [3.8, 4) is 17.2 Å². The molecule has 8 nitrogen and oxygen atoms in total. The SMILES string of the molecule is COc1ccccc1N1CCN(C(=O)CN(c2ccc(Oc3ccccc3)cc2)S(=O)(=O)c2ccc(C)cc2)CC1. The Bertz CT molecular complexity index is 1570. The fraction of sp³-hybridized carbons (Fsp3) is 0.219. The summed E-state index contributed by atoms with van der Waals surface area (Å²) in [6, 6.07) is 30.5. The molecule has 212 valence electrons. The molecule has 0 saturated carbocycles. The van der Waals surface area contributed by atoms with Gasteiger partial charge in [0.05, 0.1) is 23.4 Å². The number of ether oxygens (including phenoxy) is 2. The molecule has 0 atom stereocenters. The van der Waals surface area contributed by atoms with E-state index in [0.29, 0.717) is 43.4 Å². The Balaban J connectivity index is 1.35. The number of hydrogen-bond donors (Lipinski definition) is 0. The van der Waals surface area contributed by atoms with Crippen LogP contribution in [0.4, 0.5) is 11.4 Å².